The van der Waals surface area contributed by atoms with Gasteiger partial charge in [-0.3, -0.25) is 4.79 Å². The number of piperazine rings is 1. The molecule has 1 amide bonds. The number of nitrogens with one attached hydrogen (secondary N) is 2. The highest BCUT2D eigenvalue weighted by atomic mass is 32.2. The number of carbonyl (C=O) groups is 1. The Balaban J connectivity index is 1.99. The van der Waals surface area contributed by atoms with E-state index in [1.807, 2.05) is 6.92 Å². The molecule has 0 aromatic heterocycles. The SMILES string of the molecule is CC1C(=O)Nc2ccc(S(=O)(=O)N3CCNC[C@@H]3C)cc21. The quantitative estimate of drug-likeness (QED) is 0.844. The fourth-order valence-corrected chi connectivity index (χ4v) is 4.54. The molecule has 2 atom stereocenters. The van der Waals surface area contributed by atoms with E-state index in [0.29, 0.717) is 25.3 Å². The van der Waals surface area contributed by atoms with Crippen LogP contribution in [0.3, 0.4) is 0 Å². The lowest BCUT2D eigenvalue weighted by Crippen LogP contribution is -2.52. The van der Waals surface area contributed by atoms with Gasteiger partial charge >= 0.3 is 0 Å². The summed E-state index contributed by atoms with van der Waals surface area (Å²) < 4.78 is 27.1. The van der Waals surface area contributed by atoms with E-state index >= 15 is 0 Å². The fraction of sp³-hybridized carbons (Fsp3) is 0.500. The number of hydrogen-bond donors (Lipinski definition) is 2. The van der Waals surface area contributed by atoms with E-state index in [1.165, 1.54) is 4.31 Å². The van der Waals surface area contributed by atoms with Crippen molar-refractivity contribution in [3.63, 3.8) is 0 Å². The molecule has 21 heavy (non-hydrogen) atoms. The van der Waals surface area contributed by atoms with Crippen LogP contribution < -0.4 is 10.6 Å². The highest BCUT2D eigenvalue weighted by Crippen LogP contribution is 2.34. The Labute approximate surface area is 124 Å². The Bertz CT molecular complexity index is 687. The first-order valence-electron chi connectivity index (χ1n) is 7.08. The number of fused-ring (bicyclic) bond motifs is 1. The van der Waals surface area contributed by atoms with Crippen molar-refractivity contribution in [2.75, 3.05) is 25.0 Å². The van der Waals surface area contributed by atoms with Gasteiger partial charge in [-0.1, -0.05) is 0 Å². The normalized spacial score (nSPS) is 26.5. The van der Waals surface area contributed by atoms with Gasteiger partial charge in [-0.15, -0.1) is 0 Å². The lowest BCUT2D eigenvalue weighted by atomic mass is 10.0. The van der Waals surface area contributed by atoms with E-state index in [-0.39, 0.29) is 22.8 Å². The zero-order chi connectivity index (χ0) is 15.2. The lowest BCUT2D eigenvalue weighted by molar-refractivity contribution is -0.116. The molecule has 0 bridgehead atoms. The Morgan fingerprint density at radius 3 is 2.76 bits per heavy atom. The number of carbonyl (C=O) groups excluding carboxylic acids is 1. The molecule has 1 unspecified atom stereocenters. The third kappa shape index (κ3) is 2.35. The average molecular weight is 309 g/mol. The highest BCUT2D eigenvalue weighted by molar-refractivity contribution is 7.89. The molecule has 0 spiro atoms. The van der Waals surface area contributed by atoms with Crippen molar-refractivity contribution < 1.29 is 13.2 Å². The Hall–Kier alpha value is -1.44. The molecule has 114 valence electrons. The first kappa shape index (κ1) is 14.5. The molecule has 1 saturated heterocycles. The van der Waals surface area contributed by atoms with Gasteiger partial charge in [0.1, 0.15) is 0 Å². The molecule has 2 aliphatic rings. The summed E-state index contributed by atoms with van der Waals surface area (Å²) in [5.41, 5.74) is 1.46. The maximum absolute atomic E-state index is 12.8. The van der Waals surface area contributed by atoms with Crippen molar-refractivity contribution in [1.29, 1.82) is 0 Å². The number of rotatable bonds is 2. The molecule has 0 aliphatic carbocycles. The fourth-order valence-electron chi connectivity index (χ4n) is 2.87. The van der Waals surface area contributed by atoms with Crippen LogP contribution in [0.2, 0.25) is 0 Å². The molecule has 3 rings (SSSR count). The van der Waals surface area contributed by atoms with E-state index in [1.54, 1.807) is 25.1 Å². The van der Waals surface area contributed by atoms with E-state index in [0.717, 1.165) is 5.56 Å². The first-order valence-corrected chi connectivity index (χ1v) is 8.52. The molecule has 1 fully saturated rings. The van der Waals surface area contributed by atoms with Crippen LogP contribution in [0.15, 0.2) is 23.1 Å². The summed E-state index contributed by atoms with van der Waals surface area (Å²) in [4.78, 5) is 11.9. The van der Waals surface area contributed by atoms with E-state index in [9.17, 15) is 13.2 Å². The molecule has 2 N–H and O–H groups in total. The van der Waals surface area contributed by atoms with Crippen molar-refractivity contribution in [3.8, 4) is 0 Å². The van der Waals surface area contributed by atoms with E-state index in [2.05, 4.69) is 10.6 Å². The molecule has 1 aromatic rings. The van der Waals surface area contributed by atoms with Gasteiger partial charge in [-0.2, -0.15) is 4.31 Å². The van der Waals surface area contributed by atoms with Gasteiger partial charge < -0.3 is 10.6 Å². The van der Waals surface area contributed by atoms with Gasteiger partial charge in [-0.05, 0) is 37.6 Å². The van der Waals surface area contributed by atoms with Gasteiger partial charge in [0, 0.05) is 31.4 Å². The van der Waals surface area contributed by atoms with Crippen molar-refractivity contribution in [1.82, 2.24) is 9.62 Å². The lowest BCUT2D eigenvalue weighted by Gasteiger charge is -2.32. The number of amides is 1. The first-order chi connectivity index (χ1) is 9.91. The van der Waals surface area contributed by atoms with Gasteiger partial charge in [0.15, 0.2) is 0 Å². The molecular formula is C14H19N3O3S. The zero-order valence-electron chi connectivity index (χ0n) is 12.1. The summed E-state index contributed by atoms with van der Waals surface area (Å²) in [6, 6.07) is 4.80. The predicted molar refractivity (Wildman–Crippen MR) is 79.7 cm³/mol. The van der Waals surface area contributed by atoms with E-state index < -0.39 is 10.0 Å². The Morgan fingerprint density at radius 1 is 1.29 bits per heavy atom. The largest absolute Gasteiger partial charge is 0.325 e. The summed E-state index contributed by atoms with van der Waals surface area (Å²) in [7, 11) is -3.52. The molecule has 2 aliphatic heterocycles. The number of nitrogens with zero attached hydrogens (tertiary/aromatic N) is 1. The van der Waals surface area contributed by atoms with Crippen molar-refractivity contribution in [2.24, 2.45) is 0 Å². The van der Waals surface area contributed by atoms with Gasteiger partial charge in [-0.25, -0.2) is 8.42 Å². The van der Waals surface area contributed by atoms with Crippen molar-refractivity contribution in [2.45, 2.75) is 30.7 Å². The van der Waals surface area contributed by atoms with Crippen LogP contribution in [-0.2, 0) is 14.8 Å². The second kappa shape index (κ2) is 5.08. The average Bonchev–Trinajstić information content (AvgIpc) is 2.74. The van der Waals surface area contributed by atoms with Gasteiger partial charge in [0.25, 0.3) is 0 Å². The highest BCUT2D eigenvalue weighted by Gasteiger charge is 2.33. The van der Waals surface area contributed by atoms with Crippen LogP contribution in [0.4, 0.5) is 5.69 Å². The van der Waals surface area contributed by atoms with Gasteiger partial charge in [0.05, 0.1) is 10.8 Å². The Kier molecular flexibility index (Phi) is 3.51. The third-order valence-corrected chi connectivity index (χ3v) is 6.20. The van der Waals surface area contributed by atoms with Crippen LogP contribution in [0.25, 0.3) is 0 Å². The summed E-state index contributed by atoms with van der Waals surface area (Å²) >= 11 is 0. The minimum absolute atomic E-state index is 0.0748. The number of sulfonamides is 1. The van der Waals surface area contributed by atoms with Crippen LogP contribution in [0.1, 0.15) is 25.3 Å². The standard InChI is InChI=1S/C14H19N3O3S/c1-9-8-15-5-6-17(9)21(19,20)11-3-4-13-12(7-11)10(2)14(18)16-13/h3-4,7,9-10,15H,5-6,8H2,1-2H3,(H,16,18)/t9-,10?/m0/s1. The maximum Gasteiger partial charge on any atom is 0.243 e. The van der Waals surface area contributed by atoms with Crippen LogP contribution in [0.5, 0.6) is 0 Å². The Morgan fingerprint density at radius 2 is 2.05 bits per heavy atom. The van der Waals surface area contributed by atoms with Crippen LogP contribution >= 0.6 is 0 Å². The molecule has 2 heterocycles. The van der Waals surface area contributed by atoms with Crippen LogP contribution in [0, 0.1) is 0 Å². The second-order valence-corrected chi connectivity index (χ2v) is 7.52. The third-order valence-electron chi connectivity index (χ3n) is 4.19. The molecular weight excluding hydrogens is 290 g/mol. The minimum Gasteiger partial charge on any atom is -0.325 e. The molecule has 0 saturated carbocycles. The summed E-state index contributed by atoms with van der Waals surface area (Å²) in [6.45, 7) is 5.45. The summed E-state index contributed by atoms with van der Waals surface area (Å²) in [5, 5.41) is 5.94. The molecule has 0 radical (unpaired) electrons. The molecule has 7 heteroatoms. The molecule has 1 aromatic carbocycles. The summed E-state index contributed by atoms with van der Waals surface area (Å²) in [5.74, 6) is -0.398. The number of hydrogen-bond acceptors (Lipinski definition) is 4. The van der Waals surface area contributed by atoms with Gasteiger partial charge in [0.2, 0.25) is 15.9 Å². The predicted octanol–water partition coefficient (Wildman–Crippen LogP) is 0.725. The topological polar surface area (TPSA) is 78.5 Å². The van der Waals surface area contributed by atoms with E-state index in [4.69, 9.17) is 0 Å². The minimum atomic E-state index is -3.52. The maximum atomic E-state index is 12.8. The van der Waals surface area contributed by atoms with Crippen molar-refractivity contribution in [3.05, 3.63) is 23.8 Å². The number of anilines is 1. The smallest absolute Gasteiger partial charge is 0.243 e. The zero-order valence-corrected chi connectivity index (χ0v) is 12.9. The monoisotopic (exact) mass is 309 g/mol. The second-order valence-electron chi connectivity index (χ2n) is 5.63. The molecule has 6 nitrogen and oxygen atoms in total. The van der Waals surface area contributed by atoms with Crippen LogP contribution in [-0.4, -0.2) is 44.3 Å². The summed E-state index contributed by atoms with van der Waals surface area (Å²) in [6.07, 6.45) is 0. The van der Waals surface area contributed by atoms with Crippen molar-refractivity contribution >= 4 is 21.6 Å². The number of benzene rings is 1.